The number of hydrogen-bond acceptors (Lipinski definition) is 5. The van der Waals surface area contributed by atoms with Crippen molar-refractivity contribution in [1.82, 2.24) is 14.9 Å². The summed E-state index contributed by atoms with van der Waals surface area (Å²) in [6, 6.07) is 2.12. The third-order valence-electron chi connectivity index (χ3n) is 3.72. The van der Waals surface area contributed by atoms with Crippen LogP contribution in [-0.2, 0) is 11.8 Å². The lowest BCUT2D eigenvalue weighted by atomic mass is 10.2. The van der Waals surface area contributed by atoms with Crippen LogP contribution in [0.25, 0.3) is 10.2 Å². The zero-order valence-electron chi connectivity index (χ0n) is 11.8. The van der Waals surface area contributed by atoms with Crippen molar-refractivity contribution >= 4 is 39.2 Å². The van der Waals surface area contributed by atoms with Crippen LogP contribution in [0.1, 0.15) is 25.7 Å². The van der Waals surface area contributed by atoms with E-state index in [-0.39, 0.29) is 11.5 Å². The molecule has 1 saturated carbocycles. The highest BCUT2D eigenvalue weighted by Gasteiger charge is 2.18. The Morgan fingerprint density at radius 3 is 3.05 bits per heavy atom. The van der Waals surface area contributed by atoms with Gasteiger partial charge in [0, 0.05) is 13.1 Å². The molecule has 1 fully saturated rings. The minimum Gasteiger partial charge on any atom is -0.353 e. The van der Waals surface area contributed by atoms with Crippen LogP contribution in [0.2, 0.25) is 0 Å². The molecule has 1 aliphatic rings. The molecule has 1 N–H and O–H groups in total. The van der Waals surface area contributed by atoms with Crippen molar-refractivity contribution < 1.29 is 4.79 Å². The van der Waals surface area contributed by atoms with Gasteiger partial charge in [-0.05, 0) is 24.3 Å². The number of fused-ring (bicyclic) bond motifs is 1. The molecule has 0 bridgehead atoms. The molecule has 2 aromatic heterocycles. The second kappa shape index (κ2) is 6.19. The van der Waals surface area contributed by atoms with E-state index >= 15 is 0 Å². The first-order chi connectivity index (χ1) is 10.1. The molecule has 0 radical (unpaired) electrons. The third kappa shape index (κ3) is 3.13. The molecule has 7 heteroatoms. The average molecular weight is 323 g/mol. The summed E-state index contributed by atoms with van der Waals surface area (Å²) in [5.74, 6) is 0.320. The molecule has 1 aliphatic carbocycles. The number of amides is 1. The van der Waals surface area contributed by atoms with Gasteiger partial charge in [0.1, 0.15) is 4.83 Å². The predicted octanol–water partition coefficient (Wildman–Crippen LogP) is 2.15. The van der Waals surface area contributed by atoms with Gasteiger partial charge in [0.15, 0.2) is 5.16 Å². The molecular formula is C14H17N3O2S2. The van der Waals surface area contributed by atoms with E-state index in [9.17, 15) is 9.59 Å². The van der Waals surface area contributed by atoms with Crippen molar-refractivity contribution in [2.45, 2.75) is 36.9 Å². The number of thiophene rings is 1. The molecule has 0 atom stereocenters. The summed E-state index contributed by atoms with van der Waals surface area (Å²) in [7, 11) is 1.70. The maximum Gasteiger partial charge on any atom is 0.262 e. The van der Waals surface area contributed by atoms with Crippen LogP contribution >= 0.6 is 23.1 Å². The van der Waals surface area contributed by atoms with Crippen molar-refractivity contribution in [3.8, 4) is 0 Å². The van der Waals surface area contributed by atoms with Crippen LogP contribution in [0.5, 0.6) is 0 Å². The number of thioether (sulfide) groups is 1. The summed E-state index contributed by atoms with van der Waals surface area (Å²) < 4.78 is 1.52. The topological polar surface area (TPSA) is 64.0 Å². The van der Waals surface area contributed by atoms with Gasteiger partial charge >= 0.3 is 0 Å². The molecule has 21 heavy (non-hydrogen) atoms. The molecule has 0 unspecified atom stereocenters. The van der Waals surface area contributed by atoms with Crippen LogP contribution in [0, 0.1) is 0 Å². The fourth-order valence-electron chi connectivity index (χ4n) is 2.58. The summed E-state index contributed by atoms with van der Waals surface area (Å²) in [6.07, 6.45) is 4.55. The van der Waals surface area contributed by atoms with Gasteiger partial charge in [-0.1, -0.05) is 24.6 Å². The average Bonchev–Trinajstić information content (AvgIpc) is 3.12. The SMILES string of the molecule is Cn1c(SCC(=O)NC2CCCC2)nc2sccc2c1=O. The molecule has 2 aromatic rings. The lowest BCUT2D eigenvalue weighted by Crippen LogP contribution is -2.34. The Kier molecular flexibility index (Phi) is 4.30. The maximum absolute atomic E-state index is 12.1. The Labute approximate surface area is 130 Å². The highest BCUT2D eigenvalue weighted by Crippen LogP contribution is 2.21. The predicted molar refractivity (Wildman–Crippen MR) is 86.0 cm³/mol. The molecule has 112 valence electrons. The van der Waals surface area contributed by atoms with Gasteiger partial charge in [-0.2, -0.15) is 0 Å². The van der Waals surface area contributed by atoms with E-state index in [1.165, 1.54) is 40.5 Å². The first-order valence-corrected chi connectivity index (χ1v) is 8.88. The third-order valence-corrected chi connectivity index (χ3v) is 5.55. The lowest BCUT2D eigenvalue weighted by Gasteiger charge is -2.12. The van der Waals surface area contributed by atoms with Crippen molar-refractivity contribution in [2.24, 2.45) is 7.05 Å². The number of hydrogen-bond donors (Lipinski definition) is 1. The lowest BCUT2D eigenvalue weighted by molar-refractivity contribution is -0.119. The fourth-order valence-corrected chi connectivity index (χ4v) is 4.17. The molecule has 5 nitrogen and oxygen atoms in total. The Morgan fingerprint density at radius 1 is 1.52 bits per heavy atom. The fraction of sp³-hybridized carbons (Fsp3) is 0.500. The van der Waals surface area contributed by atoms with Gasteiger partial charge in [0.2, 0.25) is 5.91 Å². The Hall–Kier alpha value is -1.34. The zero-order chi connectivity index (χ0) is 14.8. The number of carbonyl (C=O) groups is 1. The minimum absolute atomic E-state index is 0.0208. The number of rotatable bonds is 4. The summed E-state index contributed by atoms with van der Waals surface area (Å²) in [4.78, 5) is 29.3. The van der Waals surface area contributed by atoms with Gasteiger partial charge in [-0.3, -0.25) is 14.2 Å². The normalized spacial score (nSPS) is 15.7. The summed E-state index contributed by atoms with van der Waals surface area (Å²) in [5, 5.41) is 6.14. The maximum atomic E-state index is 12.1. The van der Waals surface area contributed by atoms with Gasteiger partial charge < -0.3 is 5.32 Å². The van der Waals surface area contributed by atoms with Crippen molar-refractivity contribution in [2.75, 3.05) is 5.75 Å². The van der Waals surface area contributed by atoms with E-state index in [0.29, 0.717) is 22.3 Å². The second-order valence-corrected chi connectivity index (χ2v) is 7.07. The zero-order valence-corrected chi connectivity index (χ0v) is 13.4. The van der Waals surface area contributed by atoms with Crippen LogP contribution in [0.3, 0.4) is 0 Å². The van der Waals surface area contributed by atoms with Crippen LogP contribution in [0.15, 0.2) is 21.4 Å². The van der Waals surface area contributed by atoms with E-state index in [1.54, 1.807) is 13.1 Å². The summed E-state index contributed by atoms with van der Waals surface area (Å²) in [5.41, 5.74) is -0.0556. The molecule has 3 rings (SSSR count). The van der Waals surface area contributed by atoms with Crippen molar-refractivity contribution in [3.05, 3.63) is 21.8 Å². The summed E-state index contributed by atoms with van der Waals surface area (Å²) >= 11 is 2.76. The van der Waals surface area contributed by atoms with Crippen LogP contribution in [0.4, 0.5) is 0 Å². The van der Waals surface area contributed by atoms with Gasteiger partial charge in [-0.25, -0.2) is 4.98 Å². The van der Waals surface area contributed by atoms with Crippen molar-refractivity contribution in [3.63, 3.8) is 0 Å². The number of nitrogens with zero attached hydrogens (tertiary/aromatic N) is 2. The highest BCUT2D eigenvalue weighted by atomic mass is 32.2. The smallest absolute Gasteiger partial charge is 0.262 e. The van der Waals surface area contributed by atoms with E-state index in [2.05, 4.69) is 10.3 Å². The van der Waals surface area contributed by atoms with Crippen molar-refractivity contribution in [1.29, 1.82) is 0 Å². The van der Waals surface area contributed by atoms with E-state index in [1.807, 2.05) is 5.38 Å². The largest absolute Gasteiger partial charge is 0.353 e. The van der Waals surface area contributed by atoms with Crippen LogP contribution in [-0.4, -0.2) is 27.3 Å². The minimum atomic E-state index is -0.0556. The highest BCUT2D eigenvalue weighted by molar-refractivity contribution is 7.99. The van der Waals surface area contributed by atoms with E-state index < -0.39 is 0 Å². The molecule has 0 saturated heterocycles. The number of carbonyl (C=O) groups excluding carboxylic acids is 1. The Bertz CT molecular complexity index is 717. The molecule has 2 heterocycles. The standard InChI is InChI=1S/C14H17N3O2S2/c1-17-13(19)10-6-7-20-12(10)16-14(17)21-8-11(18)15-9-4-2-3-5-9/h6-7,9H,2-5,8H2,1H3,(H,15,18). The van der Waals surface area contributed by atoms with E-state index in [0.717, 1.165) is 17.7 Å². The van der Waals surface area contributed by atoms with E-state index in [4.69, 9.17) is 0 Å². The first-order valence-electron chi connectivity index (χ1n) is 7.01. The monoisotopic (exact) mass is 323 g/mol. The molecule has 0 aromatic carbocycles. The Balaban J connectivity index is 1.68. The number of aromatic nitrogens is 2. The Morgan fingerprint density at radius 2 is 2.29 bits per heavy atom. The van der Waals surface area contributed by atoms with Gasteiger partial charge in [0.25, 0.3) is 5.56 Å². The molecular weight excluding hydrogens is 306 g/mol. The van der Waals surface area contributed by atoms with Crippen LogP contribution < -0.4 is 10.9 Å². The first kappa shape index (κ1) is 14.6. The number of nitrogens with one attached hydrogen (secondary N) is 1. The summed E-state index contributed by atoms with van der Waals surface area (Å²) in [6.45, 7) is 0. The second-order valence-electron chi connectivity index (χ2n) is 5.24. The molecule has 0 aliphatic heterocycles. The molecule has 0 spiro atoms. The quantitative estimate of drug-likeness (QED) is 0.692. The van der Waals surface area contributed by atoms with Gasteiger partial charge in [0.05, 0.1) is 11.1 Å². The molecule has 1 amide bonds. The van der Waals surface area contributed by atoms with Gasteiger partial charge in [-0.15, -0.1) is 11.3 Å².